The zero-order valence-electron chi connectivity index (χ0n) is 12.9. The first-order valence-corrected chi connectivity index (χ1v) is 8.46. The highest BCUT2D eigenvalue weighted by Crippen LogP contribution is 2.15. The minimum absolute atomic E-state index is 0.0911. The first-order valence-electron chi connectivity index (χ1n) is 7.58. The third-order valence-electron chi connectivity index (χ3n) is 3.69. The first kappa shape index (κ1) is 16.1. The number of nitrogens with zero attached hydrogens (tertiary/aromatic N) is 2. The van der Waals surface area contributed by atoms with Crippen molar-refractivity contribution in [1.29, 1.82) is 0 Å². The van der Waals surface area contributed by atoms with Gasteiger partial charge < -0.3 is 0 Å². The van der Waals surface area contributed by atoms with E-state index in [0.717, 1.165) is 20.2 Å². The van der Waals surface area contributed by atoms with Gasteiger partial charge in [-0.25, -0.2) is 4.79 Å². The molecular formula is C18H16N2O3S. The zero-order valence-corrected chi connectivity index (χ0v) is 13.7. The van der Waals surface area contributed by atoms with Gasteiger partial charge in [0.05, 0.1) is 0 Å². The van der Waals surface area contributed by atoms with E-state index >= 15 is 0 Å². The average molecular weight is 340 g/mol. The van der Waals surface area contributed by atoms with E-state index in [9.17, 15) is 14.4 Å². The second-order valence-electron chi connectivity index (χ2n) is 5.30. The molecule has 0 atom stereocenters. The summed E-state index contributed by atoms with van der Waals surface area (Å²) < 4.78 is 0. The fraction of sp³-hybridized carbons (Fsp3) is 0.167. The van der Waals surface area contributed by atoms with Gasteiger partial charge in [0.15, 0.2) is 0 Å². The van der Waals surface area contributed by atoms with Gasteiger partial charge in [-0.1, -0.05) is 48.6 Å². The van der Waals surface area contributed by atoms with Gasteiger partial charge in [0.1, 0.15) is 0 Å². The van der Waals surface area contributed by atoms with Crippen LogP contribution in [0.3, 0.4) is 0 Å². The minimum Gasteiger partial charge on any atom is -0.263 e. The van der Waals surface area contributed by atoms with E-state index in [0.29, 0.717) is 6.42 Å². The van der Waals surface area contributed by atoms with Crippen LogP contribution in [0.5, 0.6) is 0 Å². The van der Waals surface area contributed by atoms with E-state index in [1.54, 1.807) is 17.4 Å². The van der Waals surface area contributed by atoms with Gasteiger partial charge in [0, 0.05) is 24.4 Å². The Morgan fingerprint density at radius 2 is 1.67 bits per heavy atom. The summed E-state index contributed by atoms with van der Waals surface area (Å²) >= 11 is 1.56. The topological polar surface area (TPSA) is 57.7 Å². The fourth-order valence-corrected chi connectivity index (χ4v) is 3.14. The van der Waals surface area contributed by atoms with Gasteiger partial charge in [0.2, 0.25) is 0 Å². The van der Waals surface area contributed by atoms with Gasteiger partial charge in [-0.2, -0.15) is 0 Å². The predicted molar refractivity (Wildman–Crippen MR) is 92.3 cm³/mol. The number of hydrogen-bond acceptors (Lipinski definition) is 4. The second kappa shape index (κ2) is 7.23. The lowest BCUT2D eigenvalue weighted by atomic mass is 10.2. The molecule has 24 heavy (non-hydrogen) atoms. The van der Waals surface area contributed by atoms with Crippen molar-refractivity contribution in [1.82, 2.24) is 9.80 Å². The Bertz CT molecular complexity index is 769. The highest BCUT2D eigenvalue weighted by atomic mass is 32.1. The van der Waals surface area contributed by atoms with E-state index in [1.165, 1.54) is 0 Å². The van der Waals surface area contributed by atoms with Crippen LogP contribution in [0.2, 0.25) is 0 Å². The molecule has 1 saturated heterocycles. The number of urea groups is 1. The highest BCUT2D eigenvalue weighted by Gasteiger charge is 2.43. The lowest BCUT2D eigenvalue weighted by molar-refractivity contribution is -0.143. The normalized spacial score (nSPS) is 15.1. The molecule has 0 spiro atoms. The number of rotatable bonds is 6. The standard InChI is InChI=1S/C18H16N2O3S/c21-16-17(22)20(12-10-15-9-5-13-24-15)18(23)19(16)11-4-8-14-6-2-1-3-7-14/h1-9,13H,10-12H2/b8-4-. The number of hydrogen-bond donors (Lipinski definition) is 0. The van der Waals surface area contributed by atoms with Gasteiger partial charge >= 0.3 is 17.8 Å². The molecule has 2 aromatic rings. The average Bonchev–Trinajstić information content (AvgIpc) is 3.18. The molecule has 1 aromatic carbocycles. The van der Waals surface area contributed by atoms with Crippen molar-refractivity contribution in [2.24, 2.45) is 0 Å². The van der Waals surface area contributed by atoms with E-state index in [4.69, 9.17) is 0 Å². The van der Waals surface area contributed by atoms with Crippen LogP contribution in [0.25, 0.3) is 6.08 Å². The zero-order chi connectivity index (χ0) is 16.9. The molecule has 0 radical (unpaired) electrons. The van der Waals surface area contributed by atoms with Crippen molar-refractivity contribution in [3.8, 4) is 0 Å². The number of imide groups is 2. The summed E-state index contributed by atoms with van der Waals surface area (Å²) in [5.74, 6) is -1.51. The molecule has 0 unspecified atom stereocenters. The van der Waals surface area contributed by atoms with Crippen LogP contribution in [0, 0.1) is 0 Å². The number of carbonyl (C=O) groups excluding carboxylic acids is 3. The van der Waals surface area contributed by atoms with Gasteiger partial charge in [-0.3, -0.25) is 19.4 Å². The molecule has 0 bridgehead atoms. The van der Waals surface area contributed by atoms with Crippen LogP contribution < -0.4 is 0 Å². The van der Waals surface area contributed by atoms with Crippen molar-refractivity contribution in [3.63, 3.8) is 0 Å². The van der Waals surface area contributed by atoms with Crippen LogP contribution in [-0.2, 0) is 16.0 Å². The summed E-state index contributed by atoms with van der Waals surface area (Å²) in [6, 6.07) is 12.9. The molecule has 6 heteroatoms. The van der Waals surface area contributed by atoms with Gasteiger partial charge in [-0.15, -0.1) is 11.3 Å². The molecule has 0 N–H and O–H groups in total. The summed E-state index contributed by atoms with van der Waals surface area (Å²) in [6.07, 6.45) is 4.09. The van der Waals surface area contributed by atoms with Crippen molar-refractivity contribution in [2.75, 3.05) is 13.1 Å². The van der Waals surface area contributed by atoms with Crippen molar-refractivity contribution in [2.45, 2.75) is 6.42 Å². The largest absolute Gasteiger partial charge is 0.334 e. The molecule has 0 aliphatic carbocycles. The predicted octanol–water partition coefficient (Wildman–Crippen LogP) is 2.79. The van der Waals surface area contributed by atoms with Crippen LogP contribution in [0.4, 0.5) is 4.79 Å². The van der Waals surface area contributed by atoms with Crippen LogP contribution in [0.1, 0.15) is 10.4 Å². The third kappa shape index (κ3) is 3.44. The first-order chi connectivity index (χ1) is 11.7. The maximum Gasteiger partial charge on any atom is 0.334 e. The quantitative estimate of drug-likeness (QED) is 0.600. The Kier molecular flexibility index (Phi) is 4.86. The van der Waals surface area contributed by atoms with Crippen LogP contribution >= 0.6 is 11.3 Å². The summed E-state index contributed by atoms with van der Waals surface area (Å²) in [4.78, 5) is 39.4. The number of thiophene rings is 1. The number of amides is 4. The van der Waals surface area contributed by atoms with Crippen molar-refractivity contribution >= 4 is 35.3 Å². The number of carbonyl (C=O) groups is 3. The summed E-state index contributed by atoms with van der Waals surface area (Å²) in [6.45, 7) is 0.316. The summed E-state index contributed by atoms with van der Waals surface area (Å²) in [7, 11) is 0. The maximum absolute atomic E-state index is 12.3. The van der Waals surface area contributed by atoms with Crippen LogP contribution in [0.15, 0.2) is 53.9 Å². The number of benzene rings is 1. The molecule has 1 fully saturated rings. The van der Waals surface area contributed by atoms with E-state index in [1.807, 2.05) is 53.9 Å². The van der Waals surface area contributed by atoms with Gasteiger partial charge in [0.25, 0.3) is 0 Å². The molecule has 3 rings (SSSR count). The Hall–Kier alpha value is -2.73. The second-order valence-corrected chi connectivity index (χ2v) is 6.33. The Morgan fingerprint density at radius 3 is 2.38 bits per heavy atom. The molecular weight excluding hydrogens is 324 g/mol. The lowest BCUT2D eigenvalue weighted by Gasteiger charge is -2.13. The molecule has 1 aliphatic rings. The molecule has 5 nitrogen and oxygen atoms in total. The van der Waals surface area contributed by atoms with Crippen molar-refractivity contribution in [3.05, 3.63) is 64.4 Å². The van der Waals surface area contributed by atoms with Gasteiger partial charge in [-0.05, 0) is 17.0 Å². The van der Waals surface area contributed by atoms with Crippen molar-refractivity contribution < 1.29 is 14.4 Å². The van der Waals surface area contributed by atoms with E-state index in [2.05, 4.69) is 0 Å². The monoisotopic (exact) mass is 340 g/mol. The molecule has 4 amide bonds. The molecule has 122 valence electrons. The van der Waals surface area contributed by atoms with E-state index < -0.39 is 17.8 Å². The minimum atomic E-state index is -0.760. The Labute approximate surface area is 143 Å². The molecule has 2 heterocycles. The molecule has 1 aromatic heterocycles. The smallest absolute Gasteiger partial charge is 0.263 e. The van der Waals surface area contributed by atoms with Crippen LogP contribution in [-0.4, -0.2) is 40.7 Å². The Balaban J connectivity index is 1.62. The third-order valence-corrected chi connectivity index (χ3v) is 4.63. The SMILES string of the molecule is O=C1C(=O)N(CCc2cccs2)C(=O)N1C/C=C\c1ccccc1. The fourth-order valence-electron chi connectivity index (χ4n) is 2.44. The molecule has 0 saturated carbocycles. The Morgan fingerprint density at radius 1 is 0.917 bits per heavy atom. The maximum atomic E-state index is 12.3. The highest BCUT2D eigenvalue weighted by molar-refractivity contribution is 7.09. The summed E-state index contributed by atoms with van der Waals surface area (Å²) in [5, 5.41) is 1.94. The summed E-state index contributed by atoms with van der Waals surface area (Å²) in [5.41, 5.74) is 0.970. The van der Waals surface area contributed by atoms with E-state index in [-0.39, 0.29) is 13.1 Å². The lowest BCUT2D eigenvalue weighted by Crippen LogP contribution is -2.34. The molecule has 1 aliphatic heterocycles.